The van der Waals surface area contributed by atoms with Gasteiger partial charge in [0.2, 0.25) is 10.0 Å². The molecule has 1 aliphatic rings. The Balaban J connectivity index is 1.50. The SMILES string of the molecule is O=C(Nc1ccc(S(=O)(=O)N2CCCC2)cc1)c1ccc2nc(C(F)F)[nH]c2c1. The first-order valence-electron chi connectivity index (χ1n) is 9.04. The molecule has 1 amide bonds. The van der Waals surface area contributed by atoms with Crippen molar-refractivity contribution in [3.8, 4) is 0 Å². The van der Waals surface area contributed by atoms with Crippen LogP contribution in [0.15, 0.2) is 47.4 Å². The molecule has 0 radical (unpaired) electrons. The molecule has 1 saturated heterocycles. The first kappa shape index (κ1) is 19.5. The summed E-state index contributed by atoms with van der Waals surface area (Å²) in [6.07, 6.45) is -1.02. The quantitative estimate of drug-likeness (QED) is 0.660. The topological polar surface area (TPSA) is 95.2 Å². The molecule has 3 aromatic rings. The number of hydrogen-bond acceptors (Lipinski definition) is 4. The van der Waals surface area contributed by atoms with Gasteiger partial charge in [0.05, 0.1) is 15.9 Å². The molecule has 1 aromatic heterocycles. The minimum Gasteiger partial charge on any atom is -0.337 e. The van der Waals surface area contributed by atoms with Gasteiger partial charge < -0.3 is 10.3 Å². The molecule has 1 aliphatic heterocycles. The Labute approximate surface area is 165 Å². The Hall–Kier alpha value is -2.85. The molecule has 0 saturated carbocycles. The molecule has 7 nitrogen and oxygen atoms in total. The highest BCUT2D eigenvalue weighted by Crippen LogP contribution is 2.23. The number of H-pyrrole nitrogens is 1. The Morgan fingerprint density at radius 2 is 1.79 bits per heavy atom. The molecule has 0 atom stereocenters. The van der Waals surface area contributed by atoms with E-state index in [2.05, 4.69) is 15.3 Å². The highest BCUT2D eigenvalue weighted by molar-refractivity contribution is 7.89. The molecule has 4 rings (SSSR count). The first-order chi connectivity index (χ1) is 13.8. The largest absolute Gasteiger partial charge is 0.337 e. The van der Waals surface area contributed by atoms with Crippen LogP contribution in [-0.4, -0.2) is 41.7 Å². The van der Waals surface area contributed by atoms with E-state index in [1.807, 2.05) is 0 Å². The summed E-state index contributed by atoms with van der Waals surface area (Å²) in [5, 5.41) is 2.67. The summed E-state index contributed by atoms with van der Waals surface area (Å²) >= 11 is 0. The fraction of sp³-hybridized carbons (Fsp3) is 0.263. The number of nitrogens with zero attached hydrogens (tertiary/aromatic N) is 2. The number of anilines is 1. The molecular formula is C19H18F2N4O3S. The lowest BCUT2D eigenvalue weighted by atomic mass is 10.2. The van der Waals surface area contributed by atoms with Gasteiger partial charge >= 0.3 is 0 Å². The van der Waals surface area contributed by atoms with Crippen LogP contribution in [0.1, 0.15) is 35.4 Å². The van der Waals surface area contributed by atoms with Crippen LogP contribution in [0.5, 0.6) is 0 Å². The number of aromatic amines is 1. The minimum absolute atomic E-state index is 0.177. The van der Waals surface area contributed by atoms with Crippen molar-refractivity contribution in [2.75, 3.05) is 18.4 Å². The average Bonchev–Trinajstić information content (AvgIpc) is 3.38. The standard InChI is InChI=1S/C19H18F2N4O3S/c20-17(21)18-23-15-8-3-12(11-16(15)24-18)19(26)22-13-4-6-14(7-5-13)29(27,28)25-9-1-2-10-25/h3-8,11,17H,1-2,9-10H2,(H,22,26)(H,23,24). The number of amides is 1. The summed E-state index contributed by atoms with van der Waals surface area (Å²) in [5.41, 5.74) is 1.36. The minimum atomic E-state index is -3.52. The number of hydrogen-bond donors (Lipinski definition) is 2. The molecule has 2 N–H and O–H groups in total. The van der Waals surface area contributed by atoms with Crippen LogP contribution in [0.3, 0.4) is 0 Å². The number of carbonyl (C=O) groups excluding carboxylic acids is 1. The maximum Gasteiger partial charge on any atom is 0.295 e. The molecule has 0 unspecified atom stereocenters. The summed E-state index contributed by atoms with van der Waals surface area (Å²) < 4.78 is 52.0. The number of rotatable bonds is 5. The highest BCUT2D eigenvalue weighted by Gasteiger charge is 2.27. The van der Waals surface area contributed by atoms with Crippen molar-refractivity contribution in [2.24, 2.45) is 0 Å². The zero-order chi connectivity index (χ0) is 20.6. The summed E-state index contributed by atoms with van der Waals surface area (Å²) in [4.78, 5) is 18.9. The fourth-order valence-corrected chi connectivity index (χ4v) is 4.78. The maximum atomic E-state index is 12.7. The number of alkyl halides is 2. The molecule has 152 valence electrons. The van der Waals surface area contributed by atoms with Crippen LogP contribution >= 0.6 is 0 Å². The van der Waals surface area contributed by atoms with Crippen molar-refractivity contribution in [3.63, 3.8) is 0 Å². The van der Waals surface area contributed by atoms with Crippen LogP contribution in [-0.2, 0) is 10.0 Å². The zero-order valence-electron chi connectivity index (χ0n) is 15.2. The maximum absolute atomic E-state index is 12.7. The average molecular weight is 420 g/mol. The Bertz CT molecular complexity index is 1150. The number of benzene rings is 2. The highest BCUT2D eigenvalue weighted by atomic mass is 32.2. The van der Waals surface area contributed by atoms with Gasteiger partial charge in [-0.3, -0.25) is 4.79 Å². The lowest BCUT2D eigenvalue weighted by Crippen LogP contribution is -2.27. The number of aromatic nitrogens is 2. The number of nitrogens with one attached hydrogen (secondary N) is 2. The summed E-state index contributed by atoms with van der Waals surface area (Å²) in [7, 11) is -3.52. The molecule has 0 spiro atoms. The normalized spacial score (nSPS) is 15.3. The molecule has 10 heteroatoms. The number of halogens is 2. The molecule has 2 heterocycles. The van der Waals surface area contributed by atoms with E-state index < -0.39 is 28.2 Å². The monoisotopic (exact) mass is 420 g/mol. The van der Waals surface area contributed by atoms with Crippen molar-refractivity contribution < 1.29 is 22.0 Å². The van der Waals surface area contributed by atoms with Crippen molar-refractivity contribution in [2.45, 2.75) is 24.2 Å². The van der Waals surface area contributed by atoms with Gasteiger partial charge in [-0.05, 0) is 55.3 Å². The van der Waals surface area contributed by atoms with Crippen LogP contribution in [0.25, 0.3) is 11.0 Å². The number of imidazole rings is 1. The lowest BCUT2D eigenvalue weighted by Gasteiger charge is -2.15. The van der Waals surface area contributed by atoms with Crippen LogP contribution in [0.4, 0.5) is 14.5 Å². The van der Waals surface area contributed by atoms with E-state index in [9.17, 15) is 22.0 Å². The van der Waals surface area contributed by atoms with Gasteiger partial charge in [-0.25, -0.2) is 22.2 Å². The van der Waals surface area contributed by atoms with Crippen molar-refractivity contribution in [3.05, 3.63) is 53.9 Å². The van der Waals surface area contributed by atoms with E-state index >= 15 is 0 Å². The smallest absolute Gasteiger partial charge is 0.295 e. The molecule has 29 heavy (non-hydrogen) atoms. The van der Waals surface area contributed by atoms with Crippen LogP contribution in [0, 0.1) is 0 Å². The van der Waals surface area contributed by atoms with E-state index in [1.165, 1.54) is 46.8 Å². The number of sulfonamides is 1. The predicted octanol–water partition coefficient (Wildman–Crippen LogP) is 3.54. The number of carbonyl (C=O) groups is 1. The van der Waals surface area contributed by atoms with Crippen LogP contribution in [0.2, 0.25) is 0 Å². The van der Waals surface area contributed by atoms with Crippen LogP contribution < -0.4 is 5.32 Å². The Morgan fingerprint density at radius 3 is 2.45 bits per heavy atom. The van der Waals surface area contributed by atoms with Gasteiger partial charge in [0.1, 0.15) is 0 Å². The molecule has 0 bridgehead atoms. The van der Waals surface area contributed by atoms with Gasteiger partial charge in [-0.15, -0.1) is 0 Å². The fourth-order valence-electron chi connectivity index (χ4n) is 3.26. The molecule has 2 aromatic carbocycles. The third kappa shape index (κ3) is 3.85. The Morgan fingerprint density at radius 1 is 1.10 bits per heavy atom. The van der Waals surface area contributed by atoms with Gasteiger partial charge in [0, 0.05) is 24.3 Å². The second kappa shape index (κ2) is 7.53. The van der Waals surface area contributed by atoms with Gasteiger partial charge in [-0.2, -0.15) is 4.31 Å². The van der Waals surface area contributed by atoms with E-state index in [0.29, 0.717) is 29.8 Å². The second-order valence-corrected chi connectivity index (χ2v) is 8.68. The van der Waals surface area contributed by atoms with E-state index in [0.717, 1.165) is 12.8 Å². The molecule has 1 fully saturated rings. The third-order valence-corrected chi connectivity index (χ3v) is 6.70. The lowest BCUT2D eigenvalue weighted by molar-refractivity contribution is 0.102. The number of fused-ring (bicyclic) bond motifs is 1. The van der Waals surface area contributed by atoms with Gasteiger partial charge in [0.15, 0.2) is 5.82 Å². The van der Waals surface area contributed by atoms with Gasteiger partial charge in [-0.1, -0.05) is 0 Å². The summed E-state index contributed by atoms with van der Waals surface area (Å²) in [5.74, 6) is -0.900. The van der Waals surface area contributed by atoms with E-state index in [-0.39, 0.29) is 10.5 Å². The van der Waals surface area contributed by atoms with Gasteiger partial charge in [0.25, 0.3) is 12.3 Å². The zero-order valence-corrected chi connectivity index (χ0v) is 16.0. The third-order valence-electron chi connectivity index (χ3n) is 4.78. The van der Waals surface area contributed by atoms with E-state index in [1.54, 1.807) is 0 Å². The van der Waals surface area contributed by atoms with Crippen molar-refractivity contribution in [1.29, 1.82) is 0 Å². The van der Waals surface area contributed by atoms with E-state index in [4.69, 9.17) is 0 Å². The first-order valence-corrected chi connectivity index (χ1v) is 10.5. The second-order valence-electron chi connectivity index (χ2n) is 6.74. The molecular weight excluding hydrogens is 402 g/mol. The summed E-state index contributed by atoms with van der Waals surface area (Å²) in [6.45, 7) is 1.04. The van der Waals surface area contributed by atoms with Crippen molar-refractivity contribution in [1.82, 2.24) is 14.3 Å². The predicted molar refractivity (Wildman–Crippen MR) is 103 cm³/mol. The van der Waals surface area contributed by atoms with Crippen molar-refractivity contribution >= 4 is 32.7 Å². The summed E-state index contributed by atoms with van der Waals surface area (Å²) in [6, 6.07) is 10.4. The molecule has 0 aliphatic carbocycles. The Kier molecular flexibility index (Phi) is 5.05.